The zero-order valence-electron chi connectivity index (χ0n) is 9.00. The minimum Gasteiger partial charge on any atom is -0.479 e. The number of aryl methyl sites for hydroxylation is 1. The lowest BCUT2D eigenvalue weighted by Crippen LogP contribution is -2.40. The van der Waals surface area contributed by atoms with Gasteiger partial charge in [0.15, 0.2) is 5.60 Å². The van der Waals surface area contributed by atoms with Crippen molar-refractivity contribution >= 4 is 17.6 Å². The number of methoxy groups -OCH3 is 1. The summed E-state index contributed by atoms with van der Waals surface area (Å²) in [5.41, 5.74) is 0.513. The molecule has 0 aliphatic heterocycles. The topological polar surface area (TPSA) is 46.5 Å². The number of hydrogen-bond acceptors (Lipinski definition) is 2. The highest BCUT2D eigenvalue weighted by atomic mass is 35.5. The Kier molecular flexibility index (Phi) is 2.91. The van der Waals surface area contributed by atoms with Gasteiger partial charge in [-0.1, -0.05) is 17.7 Å². The summed E-state index contributed by atoms with van der Waals surface area (Å²) < 4.78 is 5.26. The zero-order valence-corrected chi connectivity index (χ0v) is 9.75. The largest absolute Gasteiger partial charge is 0.479 e. The maximum absolute atomic E-state index is 11.4. The van der Waals surface area contributed by atoms with Gasteiger partial charge in [0.2, 0.25) is 0 Å². The maximum atomic E-state index is 11.4. The highest BCUT2D eigenvalue weighted by Gasteiger charge is 2.43. The number of carboxylic acids is 1. The van der Waals surface area contributed by atoms with Crippen LogP contribution in [0.4, 0.5) is 0 Å². The van der Waals surface area contributed by atoms with Gasteiger partial charge in [-0.3, -0.25) is 0 Å². The van der Waals surface area contributed by atoms with Gasteiger partial charge in [0.05, 0.1) is 0 Å². The number of halogens is 1. The molecule has 1 aromatic rings. The van der Waals surface area contributed by atoms with Crippen molar-refractivity contribution in [2.75, 3.05) is 7.11 Å². The summed E-state index contributed by atoms with van der Waals surface area (Å²) in [5.74, 6) is -0.932. The van der Waals surface area contributed by atoms with E-state index in [2.05, 4.69) is 0 Å². The number of fused-ring (bicyclic) bond motifs is 1. The summed E-state index contributed by atoms with van der Waals surface area (Å²) in [6.45, 7) is 0. The second-order valence-corrected chi connectivity index (χ2v) is 4.43. The van der Waals surface area contributed by atoms with Crippen molar-refractivity contribution in [2.24, 2.45) is 0 Å². The SMILES string of the molecule is COC1(C(=O)O)CCCc2cc(Cl)ccc21. The van der Waals surface area contributed by atoms with Crippen LogP contribution in [0.1, 0.15) is 24.0 Å². The molecule has 4 heteroatoms. The van der Waals surface area contributed by atoms with Crippen LogP contribution >= 0.6 is 11.6 Å². The van der Waals surface area contributed by atoms with Crippen molar-refractivity contribution in [1.29, 1.82) is 0 Å². The molecule has 0 saturated carbocycles. The number of benzene rings is 1. The second kappa shape index (κ2) is 4.07. The molecule has 0 spiro atoms. The molecular weight excluding hydrogens is 228 g/mol. The number of ether oxygens (including phenoxy) is 1. The third-order valence-electron chi connectivity index (χ3n) is 3.17. The maximum Gasteiger partial charge on any atom is 0.340 e. The van der Waals surface area contributed by atoms with E-state index in [9.17, 15) is 9.90 Å². The summed E-state index contributed by atoms with van der Waals surface area (Å²) in [4.78, 5) is 11.4. The van der Waals surface area contributed by atoms with E-state index in [1.807, 2.05) is 6.07 Å². The van der Waals surface area contributed by atoms with E-state index in [1.54, 1.807) is 12.1 Å². The van der Waals surface area contributed by atoms with E-state index in [0.717, 1.165) is 24.0 Å². The first-order chi connectivity index (χ1) is 7.60. The monoisotopic (exact) mass is 240 g/mol. The normalized spacial score (nSPS) is 23.9. The molecule has 1 N–H and O–H groups in total. The van der Waals surface area contributed by atoms with Crippen molar-refractivity contribution in [3.05, 3.63) is 34.3 Å². The van der Waals surface area contributed by atoms with Gasteiger partial charge in [0, 0.05) is 12.1 Å². The van der Waals surface area contributed by atoms with Crippen molar-refractivity contribution in [3.63, 3.8) is 0 Å². The van der Waals surface area contributed by atoms with Crippen LogP contribution in [0.2, 0.25) is 5.02 Å². The Labute approximate surface area is 99.0 Å². The predicted octanol–water partition coefficient (Wildman–Crippen LogP) is 2.60. The molecule has 0 fully saturated rings. The van der Waals surface area contributed by atoms with E-state index in [4.69, 9.17) is 16.3 Å². The van der Waals surface area contributed by atoms with Crippen LogP contribution in [0.3, 0.4) is 0 Å². The number of carbonyl (C=O) groups is 1. The molecule has 1 unspecified atom stereocenters. The first-order valence-corrected chi connectivity index (χ1v) is 5.55. The van der Waals surface area contributed by atoms with Gasteiger partial charge in [-0.25, -0.2) is 4.79 Å². The van der Waals surface area contributed by atoms with Gasteiger partial charge in [-0.05, 0) is 42.5 Å². The molecule has 0 heterocycles. The smallest absolute Gasteiger partial charge is 0.340 e. The summed E-state index contributed by atoms with van der Waals surface area (Å²) in [5, 5.41) is 9.98. The summed E-state index contributed by atoms with van der Waals surface area (Å²) in [6.07, 6.45) is 2.16. The average Bonchev–Trinajstić information content (AvgIpc) is 2.27. The third-order valence-corrected chi connectivity index (χ3v) is 3.41. The van der Waals surface area contributed by atoms with E-state index in [-0.39, 0.29) is 0 Å². The van der Waals surface area contributed by atoms with Crippen molar-refractivity contribution in [3.8, 4) is 0 Å². The lowest BCUT2D eigenvalue weighted by molar-refractivity contribution is -0.165. The molecule has 3 nitrogen and oxygen atoms in total. The molecule has 1 aliphatic rings. The molecule has 86 valence electrons. The Bertz CT molecular complexity index is 430. The van der Waals surface area contributed by atoms with E-state index in [1.165, 1.54) is 7.11 Å². The van der Waals surface area contributed by atoms with Gasteiger partial charge in [-0.15, -0.1) is 0 Å². The molecule has 0 bridgehead atoms. The van der Waals surface area contributed by atoms with Crippen LogP contribution in [0.15, 0.2) is 18.2 Å². The number of rotatable bonds is 2. The molecule has 2 rings (SSSR count). The Balaban J connectivity index is 2.58. The van der Waals surface area contributed by atoms with Crippen molar-refractivity contribution in [1.82, 2.24) is 0 Å². The first kappa shape index (κ1) is 11.4. The average molecular weight is 241 g/mol. The van der Waals surface area contributed by atoms with Gasteiger partial charge in [0.1, 0.15) is 0 Å². The number of hydrogen-bond donors (Lipinski definition) is 1. The van der Waals surface area contributed by atoms with Gasteiger partial charge in [0.25, 0.3) is 0 Å². The molecule has 0 radical (unpaired) electrons. The van der Waals surface area contributed by atoms with Crippen LogP contribution in [-0.4, -0.2) is 18.2 Å². The molecule has 0 amide bonds. The van der Waals surface area contributed by atoms with Gasteiger partial charge < -0.3 is 9.84 Å². The second-order valence-electron chi connectivity index (χ2n) is 3.99. The van der Waals surface area contributed by atoms with Crippen molar-refractivity contribution < 1.29 is 14.6 Å². The van der Waals surface area contributed by atoms with Crippen LogP contribution in [0, 0.1) is 0 Å². The van der Waals surface area contributed by atoms with Crippen molar-refractivity contribution in [2.45, 2.75) is 24.9 Å². The van der Waals surface area contributed by atoms with E-state index < -0.39 is 11.6 Å². The Morgan fingerprint density at radius 1 is 1.56 bits per heavy atom. The summed E-state index contributed by atoms with van der Waals surface area (Å²) >= 11 is 5.90. The fourth-order valence-electron chi connectivity index (χ4n) is 2.35. The third kappa shape index (κ3) is 1.60. The zero-order chi connectivity index (χ0) is 11.8. The first-order valence-electron chi connectivity index (χ1n) is 5.17. The quantitative estimate of drug-likeness (QED) is 0.864. The molecule has 1 aliphatic carbocycles. The van der Waals surface area contributed by atoms with Crippen LogP contribution in [-0.2, 0) is 21.6 Å². The van der Waals surface area contributed by atoms with Crippen LogP contribution < -0.4 is 0 Å². The molecule has 16 heavy (non-hydrogen) atoms. The lowest BCUT2D eigenvalue weighted by Gasteiger charge is -2.34. The minimum absolute atomic E-state index is 0.507. The summed E-state index contributed by atoms with van der Waals surface area (Å²) in [7, 11) is 1.44. The number of aliphatic carboxylic acids is 1. The minimum atomic E-state index is -1.20. The lowest BCUT2D eigenvalue weighted by atomic mass is 9.79. The Hall–Kier alpha value is -1.06. The molecule has 0 saturated heterocycles. The van der Waals surface area contributed by atoms with Crippen LogP contribution in [0.5, 0.6) is 0 Å². The molecular formula is C12H13ClO3. The molecule has 0 aromatic heterocycles. The molecule has 1 atom stereocenters. The predicted molar refractivity (Wildman–Crippen MR) is 60.7 cm³/mol. The van der Waals surface area contributed by atoms with Crippen LogP contribution in [0.25, 0.3) is 0 Å². The fourth-order valence-corrected chi connectivity index (χ4v) is 2.54. The fraction of sp³-hybridized carbons (Fsp3) is 0.417. The Morgan fingerprint density at radius 3 is 2.94 bits per heavy atom. The standard InChI is InChI=1S/C12H13ClO3/c1-16-12(11(14)15)6-2-3-8-7-9(13)4-5-10(8)12/h4-5,7H,2-3,6H2,1H3,(H,14,15). The highest BCUT2D eigenvalue weighted by molar-refractivity contribution is 6.30. The van der Waals surface area contributed by atoms with E-state index >= 15 is 0 Å². The van der Waals surface area contributed by atoms with E-state index in [0.29, 0.717) is 11.4 Å². The number of carboxylic acid groups (broad SMARTS) is 1. The summed E-state index contributed by atoms with van der Waals surface area (Å²) in [6, 6.07) is 5.30. The van der Waals surface area contributed by atoms with Gasteiger partial charge in [-0.2, -0.15) is 0 Å². The van der Waals surface area contributed by atoms with Gasteiger partial charge >= 0.3 is 5.97 Å². The Morgan fingerprint density at radius 2 is 2.31 bits per heavy atom. The molecule has 1 aromatic carbocycles. The highest BCUT2D eigenvalue weighted by Crippen LogP contribution is 2.39.